The Balaban J connectivity index is 1.47. The molecule has 1 amide bonds. The van der Waals surface area contributed by atoms with Crippen molar-refractivity contribution in [3.05, 3.63) is 76.4 Å². The molecule has 1 fully saturated rings. The maximum atomic E-state index is 13.7. The number of carbonyl (C=O) groups excluding carboxylic acids is 1. The number of rotatable bonds is 3. The highest BCUT2D eigenvalue weighted by molar-refractivity contribution is 6.31. The van der Waals surface area contributed by atoms with Gasteiger partial charge in [0.15, 0.2) is 17.3 Å². The Bertz CT molecular complexity index is 1290. The van der Waals surface area contributed by atoms with E-state index in [1.54, 1.807) is 48.8 Å². The van der Waals surface area contributed by atoms with Crippen LogP contribution in [0.3, 0.4) is 0 Å². The predicted octanol–water partition coefficient (Wildman–Crippen LogP) is 6.00. The highest BCUT2D eigenvalue weighted by Gasteiger charge is 2.34. The molecule has 6 nitrogen and oxygen atoms in total. The first-order valence-corrected chi connectivity index (χ1v) is 11.2. The number of carbonyl (C=O) groups is 1. The highest BCUT2D eigenvalue weighted by Crippen LogP contribution is 2.34. The lowest BCUT2D eigenvalue weighted by molar-refractivity contribution is 0.0598. The predicted molar refractivity (Wildman–Crippen MR) is 124 cm³/mol. The maximum Gasteiger partial charge on any atom is 0.254 e. The van der Waals surface area contributed by atoms with E-state index in [1.165, 1.54) is 0 Å². The number of fused-ring (bicyclic) bond motifs is 1. The van der Waals surface area contributed by atoms with Gasteiger partial charge in [-0.05, 0) is 62.2 Å². The summed E-state index contributed by atoms with van der Waals surface area (Å²) in [5.74, 6) is 1.01. The smallest absolute Gasteiger partial charge is 0.254 e. The third-order valence-electron chi connectivity index (χ3n) is 5.88. The van der Waals surface area contributed by atoms with Crippen molar-refractivity contribution in [3.63, 3.8) is 0 Å². The maximum absolute atomic E-state index is 13.7. The van der Waals surface area contributed by atoms with E-state index in [2.05, 4.69) is 21.9 Å². The monoisotopic (exact) mass is 466 g/mol. The van der Waals surface area contributed by atoms with Crippen LogP contribution in [0.25, 0.3) is 22.5 Å². The number of hydrogen-bond donors (Lipinski definition) is 0. The summed E-state index contributed by atoms with van der Waals surface area (Å²) in [5.41, 5.74) is 2.56. The van der Waals surface area contributed by atoms with Crippen molar-refractivity contribution < 1.29 is 9.21 Å². The average molecular weight is 467 g/mol. The van der Waals surface area contributed by atoms with Crippen LogP contribution in [0.4, 0.5) is 0 Å². The molecule has 0 bridgehead atoms. The molecule has 2 aromatic carbocycles. The van der Waals surface area contributed by atoms with Crippen molar-refractivity contribution in [1.29, 1.82) is 0 Å². The van der Waals surface area contributed by atoms with Crippen LogP contribution in [0.5, 0.6) is 0 Å². The van der Waals surface area contributed by atoms with Gasteiger partial charge in [-0.3, -0.25) is 4.79 Å². The van der Waals surface area contributed by atoms with Crippen LogP contribution in [0.15, 0.2) is 59.3 Å². The van der Waals surface area contributed by atoms with Crippen molar-refractivity contribution in [2.24, 2.45) is 0 Å². The molecule has 0 aliphatic carbocycles. The van der Waals surface area contributed by atoms with E-state index >= 15 is 0 Å². The summed E-state index contributed by atoms with van der Waals surface area (Å²) in [5, 5.41) is 1.10. The van der Waals surface area contributed by atoms with E-state index in [4.69, 9.17) is 27.6 Å². The van der Waals surface area contributed by atoms with E-state index < -0.39 is 0 Å². The van der Waals surface area contributed by atoms with Crippen LogP contribution >= 0.6 is 23.2 Å². The summed E-state index contributed by atoms with van der Waals surface area (Å²) in [6.07, 6.45) is 5.04. The molecule has 4 aromatic rings. The molecular formula is C24H20Cl2N4O2. The second kappa shape index (κ2) is 8.52. The summed E-state index contributed by atoms with van der Waals surface area (Å²) in [7, 11) is 0. The quantitative estimate of drug-likeness (QED) is 0.370. The van der Waals surface area contributed by atoms with Gasteiger partial charge in [-0.15, -0.1) is 0 Å². The van der Waals surface area contributed by atoms with Crippen molar-refractivity contribution in [2.45, 2.75) is 31.7 Å². The van der Waals surface area contributed by atoms with E-state index in [1.807, 2.05) is 11.0 Å². The number of aromatic nitrogens is 3. The van der Waals surface area contributed by atoms with Gasteiger partial charge in [-0.25, -0.2) is 15.0 Å². The molecule has 0 unspecified atom stereocenters. The number of oxazole rings is 1. The van der Waals surface area contributed by atoms with E-state index in [9.17, 15) is 4.79 Å². The Hall–Kier alpha value is -2.96. The zero-order valence-corrected chi connectivity index (χ0v) is 18.8. The Labute approximate surface area is 195 Å². The fourth-order valence-corrected chi connectivity index (χ4v) is 4.50. The SMILES string of the molecule is C[C@@H]1CC[C@@H](c2nc3cc(Cl)ccc3o2)CN1C(=O)c1cc(Cl)ccc1-c1ncccn1. The molecule has 2 atom stereocenters. The Morgan fingerprint density at radius 1 is 1.06 bits per heavy atom. The van der Waals surface area contributed by atoms with Gasteiger partial charge in [0.1, 0.15) is 5.52 Å². The zero-order valence-electron chi connectivity index (χ0n) is 17.3. The molecule has 0 spiro atoms. The molecule has 8 heteroatoms. The average Bonchev–Trinajstić information content (AvgIpc) is 3.22. The van der Waals surface area contributed by atoms with Gasteiger partial charge >= 0.3 is 0 Å². The zero-order chi connectivity index (χ0) is 22.2. The molecular weight excluding hydrogens is 447 g/mol. The van der Waals surface area contributed by atoms with Crippen molar-refractivity contribution in [3.8, 4) is 11.4 Å². The van der Waals surface area contributed by atoms with Crippen molar-refractivity contribution in [1.82, 2.24) is 19.9 Å². The fraction of sp³-hybridized carbons (Fsp3) is 0.250. The topological polar surface area (TPSA) is 72.1 Å². The van der Waals surface area contributed by atoms with Gasteiger partial charge in [0.05, 0.1) is 11.5 Å². The first-order chi connectivity index (χ1) is 15.5. The van der Waals surface area contributed by atoms with E-state index in [-0.39, 0.29) is 17.9 Å². The molecule has 0 N–H and O–H groups in total. The second-order valence-corrected chi connectivity index (χ2v) is 8.88. The summed E-state index contributed by atoms with van der Waals surface area (Å²) in [4.78, 5) is 28.8. The second-order valence-electron chi connectivity index (χ2n) is 8.01. The number of halogens is 2. The van der Waals surface area contributed by atoms with Crippen molar-refractivity contribution in [2.75, 3.05) is 6.54 Å². The Morgan fingerprint density at radius 2 is 1.81 bits per heavy atom. The minimum absolute atomic E-state index is 0.00284. The van der Waals surface area contributed by atoms with Crippen molar-refractivity contribution >= 4 is 40.2 Å². The van der Waals surface area contributed by atoms with Gasteiger partial charge < -0.3 is 9.32 Å². The third kappa shape index (κ3) is 3.96. The summed E-state index contributed by atoms with van der Waals surface area (Å²) >= 11 is 12.3. The van der Waals surface area contributed by atoms with Crippen LogP contribution in [-0.4, -0.2) is 38.3 Å². The molecule has 3 heterocycles. The van der Waals surface area contributed by atoms with Crippen LogP contribution in [0.1, 0.15) is 41.9 Å². The Morgan fingerprint density at radius 3 is 2.62 bits per heavy atom. The molecule has 1 aliphatic rings. The van der Waals surface area contributed by atoms with Gasteiger partial charge in [0.2, 0.25) is 0 Å². The van der Waals surface area contributed by atoms with E-state index in [0.29, 0.717) is 45.0 Å². The molecule has 0 saturated carbocycles. The number of nitrogens with zero attached hydrogens (tertiary/aromatic N) is 4. The minimum Gasteiger partial charge on any atom is -0.440 e. The molecule has 5 rings (SSSR count). The van der Waals surface area contributed by atoms with Crippen LogP contribution in [0.2, 0.25) is 10.0 Å². The lowest BCUT2D eigenvalue weighted by atomic mass is 9.92. The van der Waals surface area contributed by atoms with Crippen LogP contribution in [0, 0.1) is 0 Å². The number of piperidine rings is 1. The minimum atomic E-state index is -0.105. The summed E-state index contributed by atoms with van der Waals surface area (Å²) in [6.45, 7) is 2.56. The first-order valence-electron chi connectivity index (χ1n) is 10.4. The lowest BCUT2D eigenvalue weighted by Gasteiger charge is -2.37. The largest absolute Gasteiger partial charge is 0.440 e. The molecule has 32 heavy (non-hydrogen) atoms. The van der Waals surface area contributed by atoms with Gasteiger partial charge in [-0.1, -0.05) is 23.2 Å². The number of hydrogen-bond acceptors (Lipinski definition) is 5. The molecule has 1 saturated heterocycles. The Kier molecular flexibility index (Phi) is 5.57. The fourth-order valence-electron chi connectivity index (χ4n) is 4.17. The molecule has 0 radical (unpaired) electrons. The number of amides is 1. The highest BCUT2D eigenvalue weighted by atomic mass is 35.5. The first kappa shape index (κ1) is 20.9. The molecule has 162 valence electrons. The summed E-state index contributed by atoms with van der Waals surface area (Å²) in [6, 6.07) is 12.4. The standard InChI is InChI=1S/C24H20Cl2N4O2/c1-14-3-4-15(23-29-20-12-17(26)6-8-21(20)32-23)13-30(14)24(31)19-11-16(25)5-7-18(19)22-27-9-2-10-28-22/h2,5-12,14-15H,3-4,13H2,1H3/t14-,15-/m1/s1. The molecule has 1 aliphatic heterocycles. The third-order valence-corrected chi connectivity index (χ3v) is 6.35. The summed E-state index contributed by atoms with van der Waals surface area (Å²) < 4.78 is 5.99. The number of likely N-dealkylation sites (tertiary alicyclic amines) is 1. The van der Waals surface area contributed by atoms with Gasteiger partial charge in [0, 0.05) is 40.6 Å². The van der Waals surface area contributed by atoms with Crippen LogP contribution in [-0.2, 0) is 0 Å². The van der Waals surface area contributed by atoms with E-state index in [0.717, 1.165) is 18.4 Å². The van der Waals surface area contributed by atoms with Crippen LogP contribution < -0.4 is 0 Å². The van der Waals surface area contributed by atoms with Gasteiger partial charge in [0.25, 0.3) is 5.91 Å². The number of benzene rings is 2. The van der Waals surface area contributed by atoms with Gasteiger partial charge in [-0.2, -0.15) is 0 Å². The molecule has 2 aromatic heterocycles. The normalized spacial score (nSPS) is 18.8. The lowest BCUT2D eigenvalue weighted by Crippen LogP contribution is -2.45.